The smallest absolute Gasteiger partial charge is 0.224 e. The van der Waals surface area contributed by atoms with Crippen molar-refractivity contribution >= 4 is 23.1 Å². The molecule has 1 amide bonds. The first-order valence-corrected chi connectivity index (χ1v) is 19.0. The van der Waals surface area contributed by atoms with E-state index in [0.717, 1.165) is 36.9 Å². The van der Waals surface area contributed by atoms with Crippen LogP contribution in [0.1, 0.15) is 95.0 Å². The number of anilines is 2. The number of unbranched alkanes of at least 4 members (excludes halogenated alkanes) is 1. The first-order valence-electron chi connectivity index (χ1n) is 19.0. The number of aliphatic hydroxyl groups is 3. The number of allylic oxidation sites excluding steroid dienone is 4. The van der Waals surface area contributed by atoms with Crippen LogP contribution in [0.15, 0.2) is 83.0 Å². The number of ether oxygens (including phenoxy) is 2. The predicted molar refractivity (Wildman–Crippen MR) is 206 cm³/mol. The Hall–Kier alpha value is -4.04. The lowest BCUT2D eigenvalue weighted by Gasteiger charge is -2.50. The molecule has 9 nitrogen and oxygen atoms in total. The van der Waals surface area contributed by atoms with Gasteiger partial charge in [-0.25, -0.2) is 0 Å². The Bertz CT molecular complexity index is 1820. The molecule has 0 bridgehead atoms. The van der Waals surface area contributed by atoms with E-state index < -0.39 is 24.6 Å². The number of rotatable bonds is 12. The second kappa shape index (κ2) is 16.1. The third-order valence-electron chi connectivity index (χ3n) is 11.8. The molecule has 1 saturated heterocycles. The van der Waals surface area contributed by atoms with Gasteiger partial charge >= 0.3 is 0 Å². The molecule has 5 N–H and O–H groups in total. The lowest BCUT2D eigenvalue weighted by molar-refractivity contribution is -0.291. The molecule has 2 aromatic rings. The molecule has 0 aromatic heterocycles. The quantitative estimate of drug-likeness (QED) is 0.0928. The van der Waals surface area contributed by atoms with E-state index in [4.69, 9.17) is 15.9 Å². The monoisotopic (exact) mass is 722 g/mol. The molecule has 0 radical (unpaired) electrons. The minimum Gasteiger partial charge on any atom is -0.388 e. The molecule has 9 heteroatoms. The van der Waals surface area contributed by atoms with Crippen molar-refractivity contribution in [3.05, 3.63) is 94.1 Å². The number of hydrogen-bond donors (Lipinski definition) is 5. The zero-order valence-corrected chi connectivity index (χ0v) is 31.4. The number of benzene rings is 2. The Balaban J connectivity index is 1.19. The SMILES string of the molecule is C#CCCCC(=O)Nc1cccc(C(=O)c2ccc(NCC3=CC=C4C5=C(C(C)C)CC[C@]5(C)CC[C@@]4(C)[C@@H](O[C@@H]4OC[C@@H](O)[C@H](O)[C@H]4O)C3)cc2)c1. The summed E-state index contributed by atoms with van der Waals surface area (Å²) in [5.41, 5.74) is 7.51. The molecule has 0 unspecified atom stereocenters. The average molecular weight is 723 g/mol. The fourth-order valence-electron chi connectivity index (χ4n) is 8.49. The van der Waals surface area contributed by atoms with Crippen molar-refractivity contribution in [3.63, 3.8) is 0 Å². The lowest BCUT2D eigenvalue weighted by atomic mass is 9.57. The van der Waals surface area contributed by atoms with Crippen molar-refractivity contribution in [3.8, 4) is 12.3 Å². The van der Waals surface area contributed by atoms with Crippen LogP contribution in [-0.4, -0.2) is 70.9 Å². The van der Waals surface area contributed by atoms with Crippen molar-refractivity contribution < 1.29 is 34.4 Å². The first kappa shape index (κ1) is 38.7. The number of amides is 1. The fourth-order valence-corrected chi connectivity index (χ4v) is 8.49. The van der Waals surface area contributed by atoms with E-state index in [1.165, 1.54) is 16.7 Å². The zero-order valence-electron chi connectivity index (χ0n) is 31.4. The van der Waals surface area contributed by atoms with Crippen LogP contribution in [-0.2, 0) is 14.3 Å². The highest BCUT2D eigenvalue weighted by Crippen LogP contribution is 2.62. The van der Waals surface area contributed by atoms with Crippen LogP contribution < -0.4 is 10.6 Å². The Kier molecular flexibility index (Phi) is 11.8. The molecule has 1 heterocycles. The Labute approximate surface area is 313 Å². The van der Waals surface area contributed by atoms with Gasteiger partial charge < -0.3 is 35.4 Å². The molecule has 4 aliphatic rings. The summed E-state index contributed by atoms with van der Waals surface area (Å²) in [6.45, 7) is 9.61. The summed E-state index contributed by atoms with van der Waals surface area (Å²) in [5.74, 6) is 2.68. The molecule has 6 rings (SSSR count). The summed E-state index contributed by atoms with van der Waals surface area (Å²) >= 11 is 0. The maximum absolute atomic E-state index is 13.4. The number of fused-ring (bicyclic) bond motifs is 3. The predicted octanol–water partition coefficient (Wildman–Crippen LogP) is 6.71. The summed E-state index contributed by atoms with van der Waals surface area (Å²) in [6, 6.07) is 14.3. The van der Waals surface area contributed by atoms with E-state index in [2.05, 4.69) is 56.4 Å². The average Bonchev–Trinajstić information content (AvgIpc) is 3.43. The second-order valence-corrected chi connectivity index (χ2v) is 16.0. The van der Waals surface area contributed by atoms with Crippen LogP contribution in [0.2, 0.25) is 0 Å². The van der Waals surface area contributed by atoms with Crippen molar-refractivity contribution in [1.82, 2.24) is 0 Å². The summed E-state index contributed by atoms with van der Waals surface area (Å²) in [7, 11) is 0. The molecule has 0 spiro atoms. The lowest BCUT2D eigenvalue weighted by Crippen LogP contribution is -2.56. The number of carbonyl (C=O) groups is 2. The highest BCUT2D eigenvalue weighted by Gasteiger charge is 2.53. The summed E-state index contributed by atoms with van der Waals surface area (Å²) in [4.78, 5) is 25.7. The van der Waals surface area contributed by atoms with Crippen LogP contribution in [0, 0.1) is 29.1 Å². The number of hydrogen-bond acceptors (Lipinski definition) is 8. The van der Waals surface area contributed by atoms with E-state index >= 15 is 0 Å². The van der Waals surface area contributed by atoms with E-state index in [9.17, 15) is 24.9 Å². The van der Waals surface area contributed by atoms with E-state index in [-0.39, 0.29) is 35.2 Å². The number of ketones is 1. The van der Waals surface area contributed by atoms with Crippen molar-refractivity contribution in [2.24, 2.45) is 16.7 Å². The first-order chi connectivity index (χ1) is 25.3. The largest absolute Gasteiger partial charge is 0.388 e. The van der Waals surface area contributed by atoms with Crippen molar-refractivity contribution in [1.29, 1.82) is 0 Å². The minimum absolute atomic E-state index is 0.101. The normalized spacial score (nSPS) is 29.7. The van der Waals surface area contributed by atoms with Crippen LogP contribution in [0.5, 0.6) is 0 Å². The number of aliphatic hydroxyl groups excluding tert-OH is 3. The molecule has 2 aromatic carbocycles. The molecule has 3 aliphatic carbocycles. The van der Waals surface area contributed by atoms with Gasteiger partial charge in [-0.1, -0.05) is 57.6 Å². The van der Waals surface area contributed by atoms with Gasteiger partial charge in [0.15, 0.2) is 12.1 Å². The van der Waals surface area contributed by atoms with E-state index in [1.54, 1.807) is 36.4 Å². The third-order valence-corrected chi connectivity index (χ3v) is 11.8. The number of terminal acetylenes is 1. The van der Waals surface area contributed by atoms with Crippen LogP contribution in [0.4, 0.5) is 11.4 Å². The molecule has 282 valence electrons. The van der Waals surface area contributed by atoms with Gasteiger partial charge in [-0.15, -0.1) is 12.3 Å². The van der Waals surface area contributed by atoms with Gasteiger partial charge in [0.25, 0.3) is 0 Å². The van der Waals surface area contributed by atoms with Gasteiger partial charge in [0.1, 0.15) is 18.3 Å². The molecule has 1 aliphatic heterocycles. The summed E-state index contributed by atoms with van der Waals surface area (Å²) < 4.78 is 12.4. The van der Waals surface area contributed by atoms with Crippen LogP contribution in [0.25, 0.3) is 0 Å². The second-order valence-electron chi connectivity index (χ2n) is 16.0. The maximum atomic E-state index is 13.4. The Morgan fingerprint density at radius 3 is 2.51 bits per heavy atom. The third kappa shape index (κ3) is 8.23. The topological polar surface area (TPSA) is 137 Å². The van der Waals surface area contributed by atoms with Crippen LogP contribution in [0.3, 0.4) is 0 Å². The molecular weight excluding hydrogens is 668 g/mol. The highest BCUT2D eigenvalue weighted by molar-refractivity contribution is 6.10. The maximum Gasteiger partial charge on any atom is 0.224 e. The number of carbonyl (C=O) groups excluding carboxylic acids is 2. The fraction of sp³-hybridized carbons (Fsp3) is 0.500. The molecule has 2 fully saturated rings. The minimum atomic E-state index is -1.37. The standard InChI is InChI=1S/C44H54N2O7/c1-6-7-8-12-37(48)46-32-11-9-10-30(24-32)39(49)29-14-16-31(17-15-29)45-25-28-13-18-34-38-33(27(2)3)19-20-43(38,4)21-22-44(34,5)36(23-28)53-42-41(51)40(50)35(47)26-52-42/h1,9-11,13-18,24,27,35-36,40-42,45,47,50-51H,7-8,12,19-23,25-26H2,2-5H3,(H,46,48)/t35-,36+,40+,41-,42+,43-,44-/m1/s1. The molecular formula is C44H54N2O7. The van der Waals surface area contributed by atoms with Gasteiger partial charge in [0.2, 0.25) is 5.91 Å². The van der Waals surface area contributed by atoms with E-state index in [1.807, 2.05) is 12.1 Å². The van der Waals surface area contributed by atoms with Gasteiger partial charge in [0.05, 0.1) is 12.7 Å². The summed E-state index contributed by atoms with van der Waals surface area (Å²) in [6.07, 6.45) is 10.6. The zero-order chi connectivity index (χ0) is 37.9. The van der Waals surface area contributed by atoms with Crippen molar-refractivity contribution in [2.45, 2.75) is 110 Å². The van der Waals surface area contributed by atoms with Gasteiger partial charge in [-0.3, -0.25) is 9.59 Å². The summed E-state index contributed by atoms with van der Waals surface area (Å²) in [5, 5.41) is 37.8. The highest BCUT2D eigenvalue weighted by atomic mass is 16.7. The molecule has 7 atom stereocenters. The van der Waals surface area contributed by atoms with Crippen LogP contribution >= 0.6 is 0 Å². The van der Waals surface area contributed by atoms with Crippen molar-refractivity contribution in [2.75, 3.05) is 23.8 Å². The molecule has 53 heavy (non-hydrogen) atoms. The van der Waals surface area contributed by atoms with Gasteiger partial charge in [-0.05, 0) is 103 Å². The Morgan fingerprint density at radius 2 is 1.77 bits per heavy atom. The molecule has 1 saturated carbocycles. The number of nitrogens with one attached hydrogen (secondary N) is 2. The van der Waals surface area contributed by atoms with Gasteiger partial charge in [-0.2, -0.15) is 0 Å². The van der Waals surface area contributed by atoms with E-state index in [0.29, 0.717) is 55.0 Å². The Morgan fingerprint density at radius 1 is 1.00 bits per heavy atom. The van der Waals surface area contributed by atoms with Gasteiger partial charge in [0, 0.05) is 47.3 Å².